The van der Waals surface area contributed by atoms with Crippen LogP contribution in [0.15, 0.2) is 41.8 Å². The molecular formula is C12H13NO3S. The highest BCUT2D eigenvalue weighted by Gasteiger charge is 2.13. The standard InChI is InChI=1S/C12H13NO3S/c1-2-7-16-8-9-17(14,15)12-5-3-11(10-13)4-6-12/h2-6H,1,7-9H2. The average molecular weight is 251 g/mol. The molecule has 0 bridgehead atoms. The minimum absolute atomic E-state index is 0.0766. The normalized spacial score (nSPS) is 10.8. The predicted molar refractivity (Wildman–Crippen MR) is 64.2 cm³/mol. The summed E-state index contributed by atoms with van der Waals surface area (Å²) in [4.78, 5) is 0.207. The molecule has 1 aromatic carbocycles. The maximum absolute atomic E-state index is 11.8. The first kappa shape index (κ1) is 13.4. The monoisotopic (exact) mass is 251 g/mol. The quantitative estimate of drug-likeness (QED) is 0.568. The molecule has 0 aliphatic heterocycles. The van der Waals surface area contributed by atoms with E-state index in [0.717, 1.165) is 0 Å². The number of benzene rings is 1. The average Bonchev–Trinajstić information content (AvgIpc) is 2.35. The molecule has 5 heteroatoms. The molecule has 0 saturated carbocycles. The highest BCUT2D eigenvalue weighted by atomic mass is 32.2. The van der Waals surface area contributed by atoms with Gasteiger partial charge in [-0.3, -0.25) is 0 Å². The van der Waals surface area contributed by atoms with Crippen LogP contribution in [0.1, 0.15) is 5.56 Å². The molecule has 0 unspecified atom stereocenters. The largest absolute Gasteiger partial charge is 0.376 e. The fourth-order valence-electron chi connectivity index (χ4n) is 1.19. The van der Waals surface area contributed by atoms with Crippen molar-refractivity contribution in [2.75, 3.05) is 19.0 Å². The van der Waals surface area contributed by atoms with Crippen LogP contribution >= 0.6 is 0 Å². The molecule has 0 N–H and O–H groups in total. The SMILES string of the molecule is C=CCOCCS(=O)(=O)c1ccc(C#N)cc1. The van der Waals surface area contributed by atoms with E-state index in [2.05, 4.69) is 6.58 Å². The Bertz CT molecular complexity index is 512. The molecule has 0 heterocycles. The van der Waals surface area contributed by atoms with Crippen molar-refractivity contribution >= 4 is 9.84 Å². The topological polar surface area (TPSA) is 67.2 Å². The van der Waals surface area contributed by atoms with E-state index in [1.54, 1.807) is 6.08 Å². The van der Waals surface area contributed by atoms with Crippen LogP contribution in [0, 0.1) is 11.3 Å². The number of ether oxygens (including phenoxy) is 1. The second kappa shape index (κ2) is 6.18. The molecule has 0 amide bonds. The Morgan fingerprint density at radius 1 is 1.35 bits per heavy atom. The Kier molecular flexibility index (Phi) is 4.88. The summed E-state index contributed by atoms with van der Waals surface area (Å²) >= 11 is 0. The van der Waals surface area contributed by atoms with Crippen molar-refractivity contribution in [1.29, 1.82) is 5.26 Å². The molecule has 0 aliphatic carbocycles. The number of sulfone groups is 1. The molecule has 0 saturated heterocycles. The summed E-state index contributed by atoms with van der Waals surface area (Å²) < 4.78 is 28.6. The summed E-state index contributed by atoms with van der Waals surface area (Å²) in [6.45, 7) is 3.94. The van der Waals surface area contributed by atoms with Crippen LogP contribution in [-0.4, -0.2) is 27.4 Å². The van der Waals surface area contributed by atoms with Gasteiger partial charge in [-0.2, -0.15) is 5.26 Å². The van der Waals surface area contributed by atoms with E-state index in [1.807, 2.05) is 6.07 Å². The lowest BCUT2D eigenvalue weighted by Gasteiger charge is -2.04. The van der Waals surface area contributed by atoms with Gasteiger partial charge in [-0.1, -0.05) is 6.08 Å². The zero-order chi connectivity index (χ0) is 12.7. The summed E-state index contributed by atoms with van der Waals surface area (Å²) in [5.74, 6) is -0.0766. The van der Waals surface area contributed by atoms with Gasteiger partial charge in [0.25, 0.3) is 0 Å². The third-order valence-electron chi connectivity index (χ3n) is 2.07. The van der Waals surface area contributed by atoms with Gasteiger partial charge in [-0.15, -0.1) is 6.58 Å². The molecule has 0 spiro atoms. The van der Waals surface area contributed by atoms with Gasteiger partial charge in [-0.05, 0) is 24.3 Å². The minimum atomic E-state index is -3.33. The Labute approximate surface area is 101 Å². The molecule has 0 aromatic heterocycles. The number of hydrogen-bond acceptors (Lipinski definition) is 4. The zero-order valence-corrected chi connectivity index (χ0v) is 10.1. The molecule has 0 atom stereocenters. The fourth-order valence-corrected chi connectivity index (χ4v) is 2.31. The first-order valence-corrected chi connectivity index (χ1v) is 6.67. The zero-order valence-electron chi connectivity index (χ0n) is 9.30. The second-order valence-corrected chi connectivity index (χ2v) is 5.43. The lowest BCUT2D eigenvalue weighted by atomic mass is 10.2. The van der Waals surface area contributed by atoms with Crippen LogP contribution < -0.4 is 0 Å². The van der Waals surface area contributed by atoms with Crippen molar-refractivity contribution in [3.05, 3.63) is 42.5 Å². The van der Waals surface area contributed by atoms with E-state index in [1.165, 1.54) is 24.3 Å². The van der Waals surface area contributed by atoms with Gasteiger partial charge in [0, 0.05) is 0 Å². The van der Waals surface area contributed by atoms with Crippen LogP contribution in [0.2, 0.25) is 0 Å². The molecule has 0 aliphatic rings. The smallest absolute Gasteiger partial charge is 0.180 e. The lowest BCUT2D eigenvalue weighted by Crippen LogP contribution is -2.12. The molecule has 17 heavy (non-hydrogen) atoms. The summed E-state index contributed by atoms with van der Waals surface area (Å²) in [6, 6.07) is 7.77. The maximum Gasteiger partial charge on any atom is 0.180 e. The van der Waals surface area contributed by atoms with E-state index in [0.29, 0.717) is 12.2 Å². The van der Waals surface area contributed by atoms with E-state index in [9.17, 15) is 8.42 Å². The molecule has 1 rings (SSSR count). The van der Waals surface area contributed by atoms with Crippen LogP contribution in [0.3, 0.4) is 0 Å². The maximum atomic E-state index is 11.8. The van der Waals surface area contributed by atoms with Crippen LogP contribution in [0.5, 0.6) is 0 Å². The number of nitriles is 1. The van der Waals surface area contributed by atoms with Gasteiger partial charge in [0.05, 0.1) is 35.5 Å². The highest BCUT2D eigenvalue weighted by molar-refractivity contribution is 7.91. The third-order valence-corrected chi connectivity index (χ3v) is 3.77. The highest BCUT2D eigenvalue weighted by Crippen LogP contribution is 2.12. The van der Waals surface area contributed by atoms with Crippen molar-refractivity contribution in [2.45, 2.75) is 4.90 Å². The number of hydrogen-bond donors (Lipinski definition) is 0. The molecular weight excluding hydrogens is 238 g/mol. The number of nitrogens with zero attached hydrogens (tertiary/aromatic N) is 1. The van der Waals surface area contributed by atoms with E-state index in [4.69, 9.17) is 10.00 Å². The van der Waals surface area contributed by atoms with E-state index < -0.39 is 9.84 Å². The van der Waals surface area contributed by atoms with Gasteiger partial charge >= 0.3 is 0 Å². The van der Waals surface area contributed by atoms with E-state index in [-0.39, 0.29) is 17.3 Å². The fraction of sp³-hybridized carbons (Fsp3) is 0.250. The number of rotatable bonds is 6. The second-order valence-electron chi connectivity index (χ2n) is 3.32. The molecule has 4 nitrogen and oxygen atoms in total. The summed E-state index contributed by atoms with van der Waals surface area (Å²) in [5.41, 5.74) is 0.437. The Hall–Kier alpha value is -1.64. The molecule has 0 radical (unpaired) electrons. The summed E-state index contributed by atoms with van der Waals surface area (Å²) in [7, 11) is -3.33. The molecule has 0 fully saturated rings. The third kappa shape index (κ3) is 4.02. The van der Waals surface area contributed by atoms with Crippen LogP contribution in [0.25, 0.3) is 0 Å². The first-order valence-electron chi connectivity index (χ1n) is 5.01. The summed E-state index contributed by atoms with van der Waals surface area (Å²) in [6.07, 6.45) is 1.56. The Morgan fingerprint density at radius 3 is 2.53 bits per heavy atom. The van der Waals surface area contributed by atoms with Gasteiger partial charge in [0.2, 0.25) is 0 Å². The van der Waals surface area contributed by atoms with Crippen molar-refractivity contribution in [3.63, 3.8) is 0 Å². The minimum Gasteiger partial charge on any atom is -0.376 e. The van der Waals surface area contributed by atoms with Crippen molar-refractivity contribution in [3.8, 4) is 6.07 Å². The molecule has 1 aromatic rings. The van der Waals surface area contributed by atoms with Gasteiger partial charge in [0.1, 0.15) is 0 Å². The summed E-state index contributed by atoms with van der Waals surface area (Å²) in [5, 5.41) is 8.60. The van der Waals surface area contributed by atoms with Crippen molar-refractivity contribution in [2.24, 2.45) is 0 Å². The Balaban J connectivity index is 2.69. The van der Waals surface area contributed by atoms with Crippen LogP contribution in [0.4, 0.5) is 0 Å². The Morgan fingerprint density at radius 2 is 2.00 bits per heavy atom. The predicted octanol–water partition coefficient (Wildman–Crippen LogP) is 1.53. The van der Waals surface area contributed by atoms with Gasteiger partial charge in [-0.25, -0.2) is 8.42 Å². The first-order chi connectivity index (χ1) is 8.10. The van der Waals surface area contributed by atoms with Crippen molar-refractivity contribution in [1.82, 2.24) is 0 Å². The molecule has 90 valence electrons. The van der Waals surface area contributed by atoms with Crippen LogP contribution in [-0.2, 0) is 14.6 Å². The lowest BCUT2D eigenvalue weighted by molar-refractivity contribution is 0.179. The van der Waals surface area contributed by atoms with E-state index >= 15 is 0 Å². The van der Waals surface area contributed by atoms with Gasteiger partial charge < -0.3 is 4.74 Å². The van der Waals surface area contributed by atoms with Gasteiger partial charge in [0.15, 0.2) is 9.84 Å². The van der Waals surface area contributed by atoms with Crippen molar-refractivity contribution < 1.29 is 13.2 Å².